The molecule has 0 saturated heterocycles. The Labute approximate surface area is 612 Å². The standard InChI is InChI=1S/C48H50O7.C25H32O5.C17H16O2/c49-41(35-27-37(31-17-13-14-18-31)45-39(28-35)43(47(51)54-45)33-21-7-5-8-22-33)25-11-3-1-2-4-12-26-42(50)53-36-29-38(32-19-15-16-20-32)46-40(30-36)44(48(52)55-46)34-23-9-6-10-24-34;1-3-4-5-9-12-27-13-14-28-15-16-29-21-17-19(2)24-22(18-21)23(25(26)30-24)20-10-7-6-8-11-20;1-10-4-6-13(12(3)8-10)16-14-7-5-11(2)9-15(14)19-17(16)18/h5-10,21-24,27-32,43-44H,1-4,11-20,25-26H2;6-8,10-11,17-18,23H,3-5,9,12-16H2,1-2H3;4-9,16H,1-3H3. The van der Waals surface area contributed by atoms with E-state index < -0.39 is 17.8 Å². The van der Waals surface area contributed by atoms with Crippen LogP contribution >= 0.6 is 0 Å². The molecule has 8 aromatic rings. The highest BCUT2D eigenvalue weighted by atomic mass is 16.6. The van der Waals surface area contributed by atoms with Crippen LogP contribution in [0.3, 0.4) is 0 Å². The number of hydrogen-bond donors (Lipinski definition) is 0. The average molecular weight is 1400 g/mol. The molecule has 4 atom stereocenters. The van der Waals surface area contributed by atoms with Crippen LogP contribution in [0.25, 0.3) is 0 Å². The summed E-state index contributed by atoms with van der Waals surface area (Å²) in [6, 6.07) is 52.7. The van der Waals surface area contributed by atoms with Crippen molar-refractivity contribution >= 4 is 35.6 Å². The molecule has 8 aromatic carbocycles. The minimum atomic E-state index is -0.527. The predicted molar refractivity (Wildman–Crippen MR) is 401 cm³/mol. The Bertz CT molecular complexity index is 4320. The molecule has 6 aliphatic rings. The summed E-state index contributed by atoms with van der Waals surface area (Å²) in [5.74, 6) is 1.66. The molecular weight excluding hydrogens is 1300 g/mol. The summed E-state index contributed by atoms with van der Waals surface area (Å²) in [5.41, 5.74) is 14.2. The van der Waals surface area contributed by atoms with Crippen molar-refractivity contribution in [3.8, 4) is 34.5 Å². The Balaban J connectivity index is 0.000000172. The summed E-state index contributed by atoms with van der Waals surface area (Å²) in [6.07, 6.45) is 19.7. The number of rotatable bonds is 29. The molecule has 542 valence electrons. The largest absolute Gasteiger partial charge is 0.491 e. The topological polar surface area (TPSA) is 176 Å². The van der Waals surface area contributed by atoms with Crippen molar-refractivity contribution in [2.75, 3.05) is 33.0 Å². The Kier molecular flexibility index (Phi) is 25.5. The molecule has 104 heavy (non-hydrogen) atoms. The Morgan fingerprint density at radius 3 is 1.41 bits per heavy atom. The number of esters is 5. The van der Waals surface area contributed by atoms with Gasteiger partial charge in [-0.3, -0.25) is 28.8 Å². The van der Waals surface area contributed by atoms with Crippen LogP contribution in [0, 0.1) is 27.7 Å². The lowest BCUT2D eigenvalue weighted by Gasteiger charge is -2.16. The van der Waals surface area contributed by atoms with E-state index in [1.807, 2.05) is 178 Å². The SMILES string of the molecule is CCCCCCOCCOCCOc1cc(C)c2c(c1)C(c1ccccc1)C(=O)O2.Cc1ccc(C2C(=O)Oc3cc(C)ccc32)c(C)c1.O=C(CCCCCCCCC(=O)c1cc(C2CCCC2)c2c(c1)C(c1ccccc1)C(=O)O2)Oc1cc(C2CCCC2)c2c(c1)C(c1ccccc1)C(=O)O2. The first-order valence-corrected chi connectivity index (χ1v) is 37.9. The maximum Gasteiger partial charge on any atom is 0.323 e. The molecule has 4 heterocycles. The molecular formula is C90H98O14. The zero-order valence-electron chi connectivity index (χ0n) is 60.9. The summed E-state index contributed by atoms with van der Waals surface area (Å²) < 4.78 is 45.7. The van der Waals surface area contributed by atoms with Gasteiger partial charge < -0.3 is 37.9 Å². The van der Waals surface area contributed by atoms with Gasteiger partial charge in [-0.05, 0) is 171 Å². The van der Waals surface area contributed by atoms with Crippen molar-refractivity contribution < 1.29 is 66.7 Å². The Morgan fingerprint density at radius 1 is 0.385 bits per heavy atom. The number of hydrogen-bond acceptors (Lipinski definition) is 14. The first-order chi connectivity index (χ1) is 50.7. The molecule has 0 aromatic heterocycles. The van der Waals surface area contributed by atoms with Crippen LogP contribution in [0.5, 0.6) is 34.5 Å². The quantitative estimate of drug-likeness (QED) is 0.0187. The van der Waals surface area contributed by atoms with Crippen molar-refractivity contribution in [1.82, 2.24) is 0 Å². The zero-order valence-corrected chi connectivity index (χ0v) is 60.9. The van der Waals surface area contributed by atoms with Crippen molar-refractivity contribution in [3.05, 3.63) is 247 Å². The van der Waals surface area contributed by atoms with Crippen LogP contribution in [0.4, 0.5) is 0 Å². The van der Waals surface area contributed by atoms with Gasteiger partial charge in [0.05, 0.1) is 19.8 Å². The van der Waals surface area contributed by atoms with Gasteiger partial charge in [-0.2, -0.15) is 0 Å². The molecule has 2 fully saturated rings. The number of aryl methyl sites for hydroxylation is 4. The number of ether oxygens (including phenoxy) is 8. The van der Waals surface area contributed by atoms with Gasteiger partial charge in [0.1, 0.15) is 64.8 Å². The summed E-state index contributed by atoms with van der Waals surface area (Å²) in [4.78, 5) is 77.4. The van der Waals surface area contributed by atoms with E-state index in [0.717, 1.165) is 181 Å². The number of carbonyl (C=O) groups excluding carboxylic acids is 6. The van der Waals surface area contributed by atoms with E-state index in [-0.39, 0.29) is 41.5 Å². The van der Waals surface area contributed by atoms with Crippen molar-refractivity contribution in [2.24, 2.45) is 0 Å². The van der Waals surface area contributed by atoms with E-state index in [1.165, 1.54) is 24.8 Å². The second-order valence-electron chi connectivity index (χ2n) is 28.7. The Morgan fingerprint density at radius 2 is 0.837 bits per heavy atom. The maximum absolute atomic E-state index is 13.6. The van der Waals surface area contributed by atoms with Gasteiger partial charge >= 0.3 is 29.8 Å². The van der Waals surface area contributed by atoms with Crippen LogP contribution in [0.1, 0.15) is 259 Å². The van der Waals surface area contributed by atoms with Crippen LogP contribution in [-0.4, -0.2) is 68.7 Å². The van der Waals surface area contributed by atoms with E-state index in [9.17, 15) is 28.8 Å². The molecule has 4 aliphatic heterocycles. The summed E-state index contributed by atoms with van der Waals surface area (Å²) in [6.45, 7) is 13.2. The number of fused-ring (bicyclic) bond motifs is 4. The maximum atomic E-state index is 13.6. The second kappa shape index (κ2) is 35.8. The number of carbonyl (C=O) groups is 6. The highest BCUT2D eigenvalue weighted by Gasteiger charge is 2.42. The van der Waals surface area contributed by atoms with Crippen LogP contribution in [0.15, 0.2) is 164 Å². The van der Waals surface area contributed by atoms with Crippen molar-refractivity contribution in [3.63, 3.8) is 0 Å². The highest BCUT2D eigenvalue weighted by Crippen LogP contribution is 2.51. The first kappa shape index (κ1) is 74.2. The van der Waals surface area contributed by atoms with Gasteiger partial charge in [0.25, 0.3) is 0 Å². The first-order valence-electron chi connectivity index (χ1n) is 37.9. The third-order valence-electron chi connectivity index (χ3n) is 21.0. The fraction of sp³-hybridized carbons (Fsp3) is 0.400. The van der Waals surface area contributed by atoms with E-state index in [0.29, 0.717) is 85.4 Å². The van der Waals surface area contributed by atoms with E-state index in [2.05, 4.69) is 19.9 Å². The number of unbranched alkanes of at least 4 members (excludes halogenated alkanes) is 8. The third-order valence-corrected chi connectivity index (χ3v) is 21.0. The fourth-order valence-electron chi connectivity index (χ4n) is 15.7. The normalized spacial score (nSPS) is 17.7. The lowest BCUT2D eigenvalue weighted by molar-refractivity contribution is -0.135. The highest BCUT2D eigenvalue weighted by molar-refractivity contribution is 5.99. The molecule has 0 radical (unpaired) electrons. The van der Waals surface area contributed by atoms with E-state index in [1.54, 1.807) is 0 Å². The third kappa shape index (κ3) is 18.2. The number of ketones is 1. The fourth-order valence-corrected chi connectivity index (χ4v) is 15.7. The van der Waals surface area contributed by atoms with Gasteiger partial charge in [-0.15, -0.1) is 0 Å². The average Bonchev–Trinajstić information content (AvgIpc) is 1.59. The van der Waals surface area contributed by atoms with Crippen LogP contribution in [0.2, 0.25) is 0 Å². The predicted octanol–water partition coefficient (Wildman–Crippen LogP) is 19.7. The molecule has 14 rings (SSSR count). The van der Waals surface area contributed by atoms with Crippen LogP contribution in [-0.2, 0) is 33.4 Å². The van der Waals surface area contributed by atoms with Gasteiger partial charge in [0.2, 0.25) is 0 Å². The van der Waals surface area contributed by atoms with E-state index >= 15 is 0 Å². The van der Waals surface area contributed by atoms with Gasteiger partial charge in [-0.25, -0.2) is 0 Å². The molecule has 2 aliphatic carbocycles. The molecule has 2 saturated carbocycles. The summed E-state index contributed by atoms with van der Waals surface area (Å²) in [7, 11) is 0. The number of Topliss-reactive ketones (excluding diaryl/α,β-unsaturated/α-hetero) is 1. The van der Waals surface area contributed by atoms with Gasteiger partial charge in [-0.1, -0.05) is 204 Å². The Hall–Kier alpha value is -9.50. The van der Waals surface area contributed by atoms with Gasteiger partial charge in [0, 0.05) is 52.8 Å². The number of benzene rings is 8. The second-order valence-corrected chi connectivity index (χ2v) is 28.7. The molecule has 0 amide bonds. The smallest absolute Gasteiger partial charge is 0.323 e. The summed E-state index contributed by atoms with van der Waals surface area (Å²) >= 11 is 0. The molecule has 14 nitrogen and oxygen atoms in total. The summed E-state index contributed by atoms with van der Waals surface area (Å²) in [5, 5.41) is 0. The molecule has 0 N–H and O–H groups in total. The van der Waals surface area contributed by atoms with Crippen molar-refractivity contribution in [2.45, 2.75) is 199 Å². The van der Waals surface area contributed by atoms with Gasteiger partial charge in [0.15, 0.2) is 5.78 Å². The minimum Gasteiger partial charge on any atom is -0.491 e. The molecule has 0 spiro atoms. The molecule has 4 unspecified atom stereocenters. The minimum absolute atomic E-state index is 0.115. The lowest BCUT2D eigenvalue weighted by Crippen LogP contribution is -2.12. The van der Waals surface area contributed by atoms with E-state index in [4.69, 9.17) is 37.9 Å². The van der Waals surface area contributed by atoms with Crippen molar-refractivity contribution in [1.29, 1.82) is 0 Å². The molecule has 0 bridgehead atoms. The lowest BCUT2D eigenvalue weighted by atomic mass is 9.85. The van der Waals surface area contributed by atoms with Crippen LogP contribution < -0.4 is 28.4 Å². The zero-order chi connectivity index (χ0) is 72.5. The monoisotopic (exact) mass is 1400 g/mol. The molecule has 14 heteroatoms.